The maximum Gasteiger partial charge on any atom is 0.335 e. The Kier molecular flexibility index (Phi) is 4.35. The van der Waals surface area contributed by atoms with E-state index in [0.29, 0.717) is 28.1 Å². The summed E-state index contributed by atoms with van der Waals surface area (Å²) in [5.74, 6) is -0.970. The van der Waals surface area contributed by atoms with Crippen LogP contribution in [0.2, 0.25) is 0 Å². The number of fused-ring (bicyclic) bond motifs is 1. The zero-order valence-electron chi connectivity index (χ0n) is 13.5. The van der Waals surface area contributed by atoms with Crippen molar-refractivity contribution in [1.82, 2.24) is 4.98 Å². The van der Waals surface area contributed by atoms with E-state index in [1.807, 2.05) is 0 Å². The van der Waals surface area contributed by atoms with Crippen molar-refractivity contribution in [3.63, 3.8) is 0 Å². The minimum absolute atomic E-state index is 0.0246. The molecule has 1 heterocycles. The molecule has 2 aromatic carbocycles. The standard InChI is InChI=1S/C19H15NO5/c1-11(19(22)23)13-4-6-14(7-5-13)18-20-15-9-12(10-17(21)24-2)3-8-16(15)25-18/h3-9H,1,10H2,2H3,(H,22,23). The monoisotopic (exact) mass is 337 g/mol. The summed E-state index contributed by atoms with van der Waals surface area (Å²) < 4.78 is 10.4. The van der Waals surface area contributed by atoms with Crippen LogP contribution >= 0.6 is 0 Å². The van der Waals surface area contributed by atoms with Crippen molar-refractivity contribution in [2.75, 3.05) is 7.11 Å². The quantitative estimate of drug-likeness (QED) is 0.567. The summed E-state index contributed by atoms with van der Waals surface area (Å²) in [7, 11) is 1.34. The fourth-order valence-corrected chi connectivity index (χ4v) is 2.38. The van der Waals surface area contributed by atoms with Gasteiger partial charge in [0.1, 0.15) is 5.52 Å². The van der Waals surface area contributed by atoms with Gasteiger partial charge >= 0.3 is 11.9 Å². The average Bonchev–Trinajstić information content (AvgIpc) is 3.04. The molecular formula is C19H15NO5. The largest absolute Gasteiger partial charge is 0.478 e. The van der Waals surface area contributed by atoms with E-state index in [2.05, 4.69) is 16.3 Å². The molecule has 0 atom stereocenters. The average molecular weight is 337 g/mol. The SMILES string of the molecule is C=C(C(=O)O)c1ccc(-c2nc3cc(CC(=O)OC)ccc3o2)cc1. The molecule has 0 unspecified atom stereocenters. The second kappa shape index (κ2) is 6.60. The van der Waals surface area contributed by atoms with Crippen molar-refractivity contribution in [1.29, 1.82) is 0 Å². The van der Waals surface area contributed by atoms with Gasteiger partial charge in [-0.15, -0.1) is 0 Å². The molecule has 0 aliphatic carbocycles. The van der Waals surface area contributed by atoms with Gasteiger partial charge in [-0.2, -0.15) is 0 Å². The third kappa shape index (κ3) is 3.42. The molecule has 0 saturated carbocycles. The molecule has 0 saturated heterocycles. The van der Waals surface area contributed by atoms with Crippen molar-refractivity contribution >= 4 is 28.6 Å². The first kappa shape index (κ1) is 16.4. The lowest BCUT2D eigenvalue weighted by Crippen LogP contribution is -2.04. The van der Waals surface area contributed by atoms with Gasteiger partial charge in [-0.3, -0.25) is 4.79 Å². The number of rotatable bonds is 5. The third-order valence-corrected chi connectivity index (χ3v) is 3.77. The molecule has 0 amide bonds. The van der Waals surface area contributed by atoms with E-state index in [0.717, 1.165) is 5.56 Å². The van der Waals surface area contributed by atoms with Crippen LogP contribution in [0.25, 0.3) is 28.1 Å². The first-order valence-corrected chi connectivity index (χ1v) is 7.47. The third-order valence-electron chi connectivity index (χ3n) is 3.77. The van der Waals surface area contributed by atoms with E-state index in [4.69, 9.17) is 9.52 Å². The zero-order chi connectivity index (χ0) is 18.0. The topological polar surface area (TPSA) is 89.6 Å². The van der Waals surface area contributed by atoms with Gasteiger partial charge < -0.3 is 14.3 Å². The minimum atomic E-state index is -1.06. The fourth-order valence-electron chi connectivity index (χ4n) is 2.38. The number of aliphatic carboxylic acids is 1. The van der Waals surface area contributed by atoms with Crippen LogP contribution in [0, 0.1) is 0 Å². The zero-order valence-corrected chi connectivity index (χ0v) is 13.5. The summed E-state index contributed by atoms with van der Waals surface area (Å²) in [6.45, 7) is 3.53. The molecule has 0 spiro atoms. The number of nitrogens with zero attached hydrogens (tertiary/aromatic N) is 1. The van der Waals surface area contributed by atoms with E-state index >= 15 is 0 Å². The molecule has 25 heavy (non-hydrogen) atoms. The molecule has 1 N–H and O–H groups in total. The van der Waals surface area contributed by atoms with Crippen molar-refractivity contribution in [3.05, 3.63) is 60.2 Å². The number of methoxy groups -OCH3 is 1. The number of benzene rings is 2. The molecule has 3 aromatic rings. The van der Waals surface area contributed by atoms with Crippen LogP contribution in [0.1, 0.15) is 11.1 Å². The highest BCUT2D eigenvalue weighted by Crippen LogP contribution is 2.26. The van der Waals surface area contributed by atoms with Crippen molar-refractivity contribution in [3.8, 4) is 11.5 Å². The Balaban J connectivity index is 1.90. The number of esters is 1. The van der Waals surface area contributed by atoms with Crippen LogP contribution in [-0.4, -0.2) is 29.1 Å². The van der Waals surface area contributed by atoms with E-state index < -0.39 is 5.97 Å². The summed E-state index contributed by atoms with van der Waals surface area (Å²) in [6.07, 6.45) is 0.167. The lowest BCUT2D eigenvalue weighted by molar-refractivity contribution is -0.139. The highest BCUT2D eigenvalue weighted by Gasteiger charge is 2.12. The smallest absolute Gasteiger partial charge is 0.335 e. The number of carbonyl (C=O) groups is 2. The molecule has 1 aromatic heterocycles. The van der Waals surface area contributed by atoms with Gasteiger partial charge in [0, 0.05) is 5.56 Å². The Bertz CT molecular complexity index is 969. The van der Waals surface area contributed by atoms with Gasteiger partial charge in [-0.1, -0.05) is 24.8 Å². The van der Waals surface area contributed by atoms with Gasteiger partial charge in [0.2, 0.25) is 5.89 Å². The number of carbonyl (C=O) groups excluding carboxylic acids is 1. The van der Waals surface area contributed by atoms with Crippen LogP contribution in [0.4, 0.5) is 0 Å². The minimum Gasteiger partial charge on any atom is -0.478 e. The van der Waals surface area contributed by atoms with Gasteiger partial charge in [-0.05, 0) is 35.4 Å². The lowest BCUT2D eigenvalue weighted by atomic mass is 10.1. The van der Waals surface area contributed by atoms with E-state index in [-0.39, 0.29) is 18.0 Å². The highest BCUT2D eigenvalue weighted by molar-refractivity contribution is 6.14. The molecule has 0 aliphatic rings. The number of aromatic nitrogens is 1. The van der Waals surface area contributed by atoms with Crippen molar-refractivity contribution in [2.24, 2.45) is 0 Å². The first-order valence-electron chi connectivity index (χ1n) is 7.47. The number of hydrogen-bond acceptors (Lipinski definition) is 5. The van der Waals surface area contributed by atoms with Crippen LogP contribution < -0.4 is 0 Å². The van der Waals surface area contributed by atoms with Gasteiger partial charge in [0.05, 0.1) is 19.1 Å². The summed E-state index contributed by atoms with van der Waals surface area (Å²) >= 11 is 0. The normalized spacial score (nSPS) is 10.6. The molecule has 0 aliphatic heterocycles. The molecule has 0 radical (unpaired) electrons. The fraction of sp³-hybridized carbons (Fsp3) is 0.105. The molecule has 126 valence electrons. The lowest BCUT2D eigenvalue weighted by Gasteiger charge is -2.01. The Hall–Kier alpha value is -3.41. The first-order chi connectivity index (χ1) is 12.0. The number of ether oxygens (including phenoxy) is 1. The molecule has 0 bridgehead atoms. The number of carboxylic acid groups (broad SMARTS) is 1. The van der Waals surface area contributed by atoms with Crippen molar-refractivity contribution in [2.45, 2.75) is 6.42 Å². The predicted molar refractivity (Wildman–Crippen MR) is 91.8 cm³/mol. The Labute approximate surface area is 143 Å². The van der Waals surface area contributed by atoms with Crippen LogP contribution in [-0.2, 0) is 20.7 Å². The van der Waals surface area contributed by atoms with Crippen LogP contribution in [0.15, 0.2) is 53.5 Å². The molecule has 6 heteroatoms. The second-order valence-electron chi connectivity index (χ2n) is 5.44. The van der Waals surface area contributed by atoms with E-state index in [1.54, 1.807) is 42.5 Å². The van der Waals surface area contributed by atoms with E-state index in [1.165, 1.54) is 7.11 Å². The molecule has 3 rings (SSSR count). The Morgan fingerprint density at radius 1 is 1.20 bits per heavy atom. The summed E-state index contributed by atoms with van der Waals surface area (Å²) in [5.41, 5.74) is 3.28. The molecular weight excluding hydrogens is 322 g/mol. The number of carboxylic acids is 1. The van der Waals surface area contributed by atoms with Gasteiger partial charge in [-0.25, -0.2) is 9.78 Å². The highest BCUT2D eigenvalue weighted by atomic mass is 16.5. The predicted octanol–water partition coefficient (Wildman–Crippen LogP) is 3.31. The molecule has 6 nitrogen and oxygen atoms in total. The van der Waals surface area contributed by atoms with Crippen LogP contribution in [0.5, 0.6) is 0 Å². The number of oxazole rings is 1. The summed E-state index contributed by atoms with van der Waals surface area (Å²) in [6, 6.07) is 12.1. The number of hydrogen-bond donors (Lipinski definition) is 1. The van der Waals surface area contributed by atoms with Gasteiger partial charge in [0.15, 0.2) is 5.58 Å². The van der Waals surface area contributed by atoms with Crippen LogP contribution in [0.3, 0.4) is 0 Å². The second-order valence-corrected chi connectivity index (χ2v) is 5.44. The maximum atomic E-state index is 11.4. The Morgan fingerprint density at radius 2 is 1.92 bits per heavy atom. The summed E-state index contributed by atoms with van der Waals surface area (Å²) in [5, 5.41) is 8.96. The Morgan fingerprint density at radius 3 is 2.56 bits per heavy atom. The maximum absolute atomic E-state index is 11.4. The van der Waals surface area contributed by atoms with Crippen molar-refractivity contribution < 1.29 is 23.8 Å². The van der Waals surface area contributed by atoms with Gasteiger partial charge in [0.25, 0.3) is 0 Å². The molecule has 0 fully saturated rings. The van der Waals surface area contributed by atoms with E-state index in [9.17, 15) is 9.59 Å². The summed E-state index contributed by atoms with van der Waals surface area (Å²) in [4.78, 5) is 26.7.